The van der Waals surface area contributed by atoms with E-state index < -0.39 is 17.7 Å². The summed E-state index contributed by atoms with van der Waals surface area (Å²) in [5.74, 6) is -0.953. The Bertz CT molecular complexity index is 1010. The van der Waals surface area contributed by atoms with Crippen LogP contribution < -0.4 is 15.5 Å². The number of aliphatic carboxylic acids is 1. The number of fused-ring (bicyclic) bond motifs is 1. The van der Waals surface area contributed by atoms with Gasteiger partial charge in [0.2, 0.25) is 0 Å². The van der Waals surface area contributed by atoms with Gasteiger partial charge in [0, 0.05) is 11.4 Å². The fourth-order valence-corrected chi connectivity index (χ4v) is 2.28. The van der Waals surface area contributed by atoms with E-state index in [0.29, 0.717) is 16.5 Å². The number of hydrogen-bond acceptors (Lipinski definition) is 6. The van der Waals surface area contributed by atoms with Crippen LogP contribution in [0.4, 0.5) is 19.0 Å². The van der Waals surface area contributed by atoms with Crippen LogP contribution in [0.3, 0.4) is 0 Å². The van der Waals surface area contributed by atoms with Crippen molar-refractivity contribution in [2.75, 3.05) is 5.43 Å². The first kappa shape index (κ1) is 21.0. The minimum absolute atomic E-state index is 0.0843. The van der Waals surface area contributed by atoms with Crippen LogP contribution in [0.5, 0.6) is 5.95 Å². The average Bonchev–Trinajstić information content (AvgIpc) is 2.91. The zero-order valence-corrected chi connectivity index (χ0v) is 14.9. The van der Waals surface area contributed by atoms with Gasteiger partial charge < -0.3 is 19.4 Å². The van der Waals surface area contributed by atoms with Crippen molar-refractivity contribution in [3.8, 4) is 5.95 Å². The Hall–Kier alpha value is -3.27. The second-order valence-corrected chi connectivity index (χ2v) is 5.69. The molecule has 3 rings (SSSR count). The van der Waals surface area contributed by atoms with Crippen LogP contribution in [0, 0.1) is 0 Å². The molecule has 0 atom stereocenters. The number of benzene rings is 1. The predicted molar refractivity (Wildman–Crippen MR) is 92.8 cm³/mol. The van der Waals surface area contributed by atoms with Gasteiger partial charge in [-0.2, -0.15) is 13.2 Å². The first-order chi connectivity index (χ1) is 13.1. The van der Waals surface area contributed by atoms with Gasteiger partial charge in [0.05, 0.1) is 10.9 Å². The summed E-state index contributed by atoms with van der Waals surface area (Å²) in [6.07, 6.45) is -2.44. The molecule has 0 unspecified atom stereocenters. The van der Waals surface area contributed by atoms with Crippen molar-refractivity contribution in [3.63, 3.8) is 0 Å². The predicted octanol–water partition coefficient (Wildman–Crippen LogP) is 2.83. The molecule has 0 saturated heterocycles. The number of aromatic amines is 1. The Morgan fingerprint density at radius 3 is 2.54 bits per heavy atom. The molecule has 0 aliphatic rings. The molecule has 7 nitrogen and oxygen atoms in total. The van der Waals surface area contributed by atoms with E-state index in [4.69, 9.17) is 25.9 Å². The molecule has 0 amide bonds. The van der Waals surface area contributed by atoms with Gasteiger partial charge >= 0.3 is 12.0 Å². The van der Waals surface area contributed by atoms with Crippen LogP contribution >= 0.6 is 11.6 Å². The van der Waals surface area contributed by atoms with Crippen molar-refractivity contribution in [2.24, 2.45) is 5.10 Å². The van der Waals surface area contributed by atoms with Gasteiger partial charge in [-0.05, 0) is 19.1 Å². The highest BCUT2D eigenvalue weighted by molar-refractivity contribution is 6.32. The maximum atomic E-state index is 12.6. The van der Waals surface area contributed by atoms with Gasteiger partial charge in [-0.15, -0.1) is 5.43 Å². The number of carboxylic acids is 1. The molecule has 11 heteroatoms. The van der Waals surface area contributed by atoms with Crippen LogP contribution in [-0.2, 0) is 11.0 Å². The summed E-state index contributed by atoms with van der Waals surface area (Å²) >= 11 is 5.79. The van der Waals surface area contributed by atoms with Gasteiger partial charge in [-0.1, -0.05) is 34.9 Å². The summed E-state index contributed by atoms with van der Waals surface area (Å²) < 4.78 is 42.8. The van der Waals surface area contributed by atoms with Gasteiger partial charge in [-0.25, -0.2) is 4.98 Å². The number of carbonyl (C=O) groups is 1. The van der Waals surface area contributed by atoms with Crippen molar-refractivity contribution in [2.45, 2.75) is 13.1 Å². The lowest BCUT2D eigenvalue weighted by Gasteiger charge is -2.05. The number of pyridine rings is 1. The molecule has 0 aliphatic heterocycles. The van der Waals surface area contributed by atoms with Crippen LogP contribution in [0.15, 0.2) is 46.0 Å². The lowest BCUT2D eigenvalue weighted by molar-refractivity contribution is -0.364. The summed E-state index contributed by atoms with van der Waals surface area (Å²) in [5.41, 5.74) is 1.59. The third-order valence-electron chi connectivity index (χ3n) is 3.21. The number of furan rings is 1. The number of halogens is 4. The van der Waals surface area contributed by atoms with E-state index in [-0.39, 0.29) is 16.8 Å². The molecule has 0 radical (unpaired) electrons. The first-order valence-electron chi connectivity index (χ1n) is 7.55. The normalized spacial score (nSPS) is 11.3. The van der Waals surface area contributed by atoms with E-state index in [1.807, 2.05) is 0 Å². The van der Waals surface area contributed by atoms with Gasteiger partial charge in [-0.3, -0.25) is 0 Å². The summed E-state index contributed by atoms with van der Waals surface area (Å²) in [4.78, 5) is 11.3. The molecule has 1 aromatic carbocycles. The largest absolute Gasteiger partial charge is 0.550 e. The average molecular weight is 416 g/mol. The number of hydrogen-bond donors (Lipinski definition) is 2. The number of nitrogens with zero attached hydrogens (tertiary/aromatic N) is 1. The van der Waals surface area contributed by atoms with Crippen molar-refractivity contribution >= 4 is 40.4 Å². The minimum atomic E-state index is -4.49. The number of alkyl halides is 3. The van der Waals surface area contributed by atoms with Gasteiger partial charge in [0.25, 0.3) is 5.95 Å². The molecule has 0 aliphatic carbocycles. The Morgan fingerprint density at radius 1 is 1.36 bits per heavy atom. The molecule has 28 heavy (non-hydrogen) atoms. The van der Waals surface area contributed by atoms with E-state index >= 15 is 0 Å². The SMILES string of the molecule is CC(=O)[O-].Oc1oc(/C=N/Nc2[nH+]cc(C(F)(F)F)cc2Cl)c2ccccc12. The van der Waals surface area contributed by atoms with Gasteiger partial charge in [0.15, 0.2) is 5.76 Å². The second-order valence-electron chi connectivity index (χ2n) is 5.29. The van der Waals surface area contributed by atoms with Gasteiger partial charge in [0.1, 0.15) is 17.4 Å². The van der Waals surface area contributed by atoms with E-state index in [1.165, 1.54) is 6.21 Å². The Balaban J connectivity index is 0.000000640. The Kier molecular flexibility index (Phi) is 6.47. The third kappa shape index (κ3) is 5.36. The summed E-state index contributed by atoms with van der Waals surface area (Å²) in [6.45, 7) is 0.972. The molecule has 2 aromatic heterocycles. The smallest absolute Gasteiger partial charge is 0.419 e. The van der Waals surface area contributed by atoms with Crippen molar-refractivity contribution in [1.29, 1.82) is 0 Å². The first-order valence-corrected chi connectivity index (χ1v) is 7.93. The number of carboxylic acid groups (broad SMARTS) is 1. The molecule has 0 fully saturated rings. The fraction of sp³-hybridized carbons (Fsp3) is 0.118. The zero-order valence-electron chi connectivity index (χ0n) is 14.2. The summed E-state index contributed by atoms with van der Waals surface area (Å²) in [5, 5.41) is 23.4. The molecule has 2 heterocycles. The fourth-order valence-electron chi connectivity index (χ4n) is 2.07. The van der Waals surface area contributed by atoms with E-state index in [1.54, 1.807) is 24.3 Å². The van der Waals surface area contributed by atoms with Crippen LogP contribution in [0.25, 0.3) is 10.8 Å². The quantitative estimate of drug-likeness (QED) is 0.504. The Labute approximate surface area is 161 Å². The zero-order chi connectivity index (χ0) is 20.9. The molecule has 148 valence electrons. The minimum Gasteiger partial charge on any atom is -0.550 e. The maximum absolute atomic E-state index is 12.6. The number of aromatic nitrogens is 1. The number of rotatable bonds is 3. The molecular weight excluding hydrogens is 403 g/mol. The molecule has 0 spiro atoms. The molecule has 0 bridgehead atoms. The van der Waals surface area contributed by atoms with Crippen molar-refractivity contribution in [3.05, 3.63) is 52.9 Å². The third-order valence-corrected chi connectivity index (χ3v) is 3.51. The lowest BCUT2D eigenvalue weighted by atomic mass is 10.2. The Morgan fingerprint density at radius 2 is 1.96 bits per heavy atom. The number of anilines is 1. The summed E-state index contributed by atoms with van der Waals surface area (Å²) in [6, 6.07) is 7.71. The maximum Gasteiger partial charge on any atom is 0.419 e. The summed E-state index contributed by atoms with van der Waals surface area (Å²) in [7, 11) is 0. The topological polar surface area (TPSA) is 112 Å². The molecule has 0 saturated carbocycles. The molecule has 3 aromatic rings. The number of carbonyl (C=O) groups excluding carboxylic acids is 1. The lowest BCUT2D eigenvalue weighted by Crippen LogP contribution is -2.16. The highest BCUT2D eigenvalue weighted by atomic mass is 35.5. The van der Waals surface area contributed by atoms with E-state index in [0.717, 1.165) is 19.2 Å². The standard InChI is InChI=1S/C15H9ClF3N3O2.C2H4O2/c16-11-5-8(15(17,18)19)6-20-13(11)22-21-7-12-9-3-1-2-4-10(9)14(23)24-12;1-2(3)4/h1-7,23H,(H,20,22);1H3,(H,3,4)/b21-7+;. The highest BCUT2D eigenvalue weighted by Crippen LogP contribution is 2.31. The number of H-pyrrole nitrogens is 1. The number of aromatic hydroxyl groups is 1. The van der Waals surface area contributed by atoms with Crippen molar-refractivity contribution < 1.29 is 37.6 Å². The second kappa shape index (κ2) is 8.61. The number of nitrogens with one attached hydrogen (secondary N) is 2. The van der Waals surface area contributed by atoms with Crippen molar-refractivity contribution in [1.82, 2.24) is 0 Å². The molecule has 3 N–H and O–H groups in total. The van der Waals surface area contributed by atoms with Crippen LogP contribution in [-0.4, -0.2) is 17.3 Å². The van der Waals surface area contributed by atoms with Crippen LogP contribution in [0.2, 0.25) is 5.02 Å². The number of hydrazone groups is 1. The van der Waals surface area contributed by atoms with Crippen LogP contribution in [0.1, 0.15) is 18.2 Å². The highest BCUT2D eigenvalue weighted by Gasteiger charge is 2.32. The molecular formula is C17H13ClF3N3O4. The van der Waals surface area contributed by atoms with E-state index in [2.05, 4.69) is 15.5 Å². The monoisotopic (exact) mass is 415 g/mol. The van der Waals surface area contributed by atoms with E-state index in [9.17, 15) is 18.3 Å².